The summed E-state index contributed by atoms with van der Waals surface area (Å²) in [6, 6.07) is -1.15. The van der Waals surface area contributed by atoms with Crippen molar-refractivity contribution in [3.8, 4) is 0 Å². The molecule has 0 aliphatic carbocycles. The van der Waals surface area contributed by atoms with Crippen molar-refractivity contribution in [2.24, 2.45) is 5.16 Å². The molecule has 2 fully saturated rings. The molecule has 0 spiro atoms. The van der Waals surface area contributed by atoms with Crippen LogP contribution in [0, 0.1) is 0 Å². The largest absolute Gasteiger partial charge is 0.450 e. The summed E-state index contributed by atoms with van der Waals surface area (Å²) in [4.78, 5) is 65.9. The van der Waals surface area contributed by atoms with E-state index in [1.54, 1.807) is 0 Å². The maximum absolute atomic E-state index is 12.4. The van der Waals surface area contributed by atoms with Crippen LogP contribution in [-0.4, -0.2) is 65.5 Å². The average molecular weight is 413 g/mol. The van der Waals surface area contributed by atoms with Crippen LogP contribution in [0.15, 0.2) is 10.5 Å². The normalized spacial score (nSPS) is 22.2. The Morgan fingerprint density at radius 1 is 1.46 bits per heavy atom. The van der Waals surface area contributed by atoms with E-state index < -0.39 is 35.9 Å². The van der Waals surface area contributed by atoms with Gasteiger partial charge < -0.3 is 25.5 Å². The number of thiazole rings is 1. The van der Waals surface area contributed by atoms with E-state index in [0.29, 0.717) is 5.23 Å². The maximum Gasteiger partial charge on any atom is 0.375 e. The van der Waals surface area contributed by atoms with Gasteiger partial charge in [-0.25, -0.2) is 14.6 Å². The molecule has 0 aromatic carbocycles. The summed E-state index contributed by atoms with van der Waals surface area (Å²) in [5.74, 6) is -3.09. The lowest BCUT2D eigenvalue weighted by Gasteiger charge is -2.15. The zero-order valence-electron chi connectivity index (χ0n) is 14.4. The van der Waals surface area contributed by atoms with Crippen LogP contribution in [0.2, 0.25) is 0 Å². The van der Waals surface area contributed by atoms with Gasteiger partial charge in [0.2, 0.25) is 6.10 Å². The fourth-order valence-electron chi connectivity index (χ4n) is 2.33. The van der Waals surface area contributed by atoms with E-state index in [1.807, 2.05) is 0 Å². The van der Waals surface area contributed by atoms with Gasteiger partial charge in [-0.15, -0.1) is 11.3 Å². The molecule has 2 aliphatic rings. The molecular weight excluding hydrogens is 398 g/mol. The molecule has 1 aromatic heterocycles. The standard InChI is InChI=1S/C14H15N5O8S/c1-24-18-10(7-5-28-14(15)17-7)11(21)16-6-4-25-19(12(6)22)27-13(23)8-2-3-9(20)26-8/h5-6,8H,2-4H2,1H3,(H2,15,17)(H,16,21)/t6-,8?/m0/s1. The number of esters is 1. The monoisotopic (exact) mass is 413 g/mol. The number of nitrogens with zero attached hydrogens (tertiary/aromatic N) is 3. The van der Waals surface area contributed by atoms with E-state index in [0.717, 1.165) is 11.3 Å². The van der Waals surface area contributed by atoms with Gasteiger partial charge in [0.25, 0.3) is 5.91 Å². The van der Waals surface area contributed by atoms with Crippen molar-refractivity contribution in [2.45, 2.75) is 25.0 Å². The molecule has 1 aromatic rings. The van der Waals surface area contributed by atoms with E-state index in [2.05, 4.69) is 20.3 Å². The average Bonchev–Trinajstić information content (AvgIpc) is 3.36. The Balaban J connectivity index is 1.59. The number of carbonyl (C=O) groups excluding carboxylic acids is 4. The van der Waals surface area contributed by atoms with Crippen molar-refractivity contribution in [1.29, 1.82) is 0 Å². The first-order valence-electron chi connectivity index (χ1n) is 7.90. The highest BCUT2D eigenvalue weighted by molar-refractivity contribution is 7.13. The van der Waals surface area contributed by atoms with E-state index in [4.69, 9.17) is 20.1 Å². The van der Waals surface area contributed by atoms with Gasteiger partial charge in [-0.3, -0.25) is 14.4 Å². The molecule has 3 rings (SSSR count). The van der Waals surface area contributed by atoms with Crippen molar-refractivity contribution in [2.75, 3.05) is 19.5 Å². The Hall–Kier alpha value is -3.26. The number of carbonyl (C=O) groups is 4. The Kier molecular flexibility index (Phi) is 5.70. The summed E-state index contributed by atoms with van der Waals surface area (Å²) < 4.78 is 4.75. The summed E-state index contributed by atoms with van der Waals surface area (Å²) in [6.45, 7) is -0.290. The molecule has 0 saturated carbocycles. The fourth-order valence-corrected chi connectivity index (χ4v) is 2.88. The van der Waals surface area contributed by atoms with Gasteiger partial charge in [-0.1, -0.05) is 5.16 Å². The third kappa shape index (κ3) is 4.17. The van der Waals surface area contributed by atoms with Crippen LogP contribution < -0.4 is 11.1 Å². The number of cyclic esters (lactones) is 1. The zero-order chi connectivity index (χ0) is 20.3. The molecule has 3 N–H and O–H groups in total. The Bertz CT molecular complexity index is 839. The molecule has 3 heterocycles. The number of anilines is 1. The van der Waals surface area contributed by atoms with Crippen LogP contribution >= 0.6 is 11.3 Å². The van der Waals surface area contributed by atoms with E-state index in [1.165, 1.54) is 12.5 Å². The summed E-state index contributed by atoms with van der Waals surface area (Å²) in [7, 11) is 1.24. The summed E-state index contributed by atoms with van der Waals surface area (Å²) in [6.07, 6.45) is -0.878. The molecule has 13 nitrogen and oxygen atoms in total. The van der Waals surface area contributed by atoms with Gasteiger partial charge in [0, 0.05) is 18.2 Å². The topological polar surface area (TPSA) is 172 Å². The smallest absolute Gasteiger partial charge is 0.375 e. The lowest BCUT2D eigenvalue weighted by Crippen LogP contribution is -2.46. The van der Waals surface area contributed by atoms with E-state index in [-0.39, 0.29) is 36.0 Å². The number of aromatic nitrogens is 1. The third-order valence-corrected chi connectivity index (χ3v) is 4.30. The summed E-state index contributed by atoms with van der Waals surface area (Å²) >= 11 is 1.10. The van der Waals surface area contributed by atoms with Crippen LogP contribution in [0.1, 0.15) is 18.5 Å². The molecule has 2 aliphatic heterocycles. The first kappa shape index (κ1) is 19.5. The summed E-state index contributed by atoms with van der Waals surface area (Å²) in [5, 5.41) is 8.03. The number of oxime groups is 1. The second-order valence-electron chi connectivity index (χ2n) is 5.54. The van der Waals surface area contributed by atoms with Crippen molar-refractivity contribution < 1.29 is 38.4 Å². The second kappa shape index (κ2) is 8.18. The van der Waals surface area contributed by atoms with Gasteiger partial charge in [0.1, 0.15) is 25.5 Å². The molecular formula is C14H15N5O8S. The van der Waals surface area contributed by atoms with Gasteiger partial charge in [-0.05, 0) is 5.23 Å². The van der Waals surface area contributed by atoms with Crippen LogP contribution in [0.25, 0.3) is 0 Å². The minimum Gasteiger partial charge on any atom is -0.450 e. The molecule has 2 atom stereocenters. The molecule has 150 valence electrons. The van der Waals surface area contributed by atoms with Gasteiger partial charge in [-0.2, -0.15) is 0 Å². The quantitative estimate of drug-likeness (QED) is 0.317. The molecule has 0 radical (unpaired) electrons. The first-order chi connectivity index (χ1) is 13.4. The zero-order valence-corrected chi connectivity index (χ0v) is 15.3. The lowest BCUT2D eigenvalue weighted by molar-refractivity contribution is -0.306. The number of nitrogens with two attached hydrogens (primary N) is 1. The predicted molar refractivity (Wildman–Crippen MR) is 90.0 cm³/mol. The number of hydroxylamine groups is 2. The van der Waals surface area contributed by atoms with Crippen molar-refractivity contribution in [1.82, 2.24) is 15.5 Å². The number of rotatable bonds is 6. The molecule has 2 amide bonds. The minimum absolute atomic E-state index is 0.0794. The number of nitrogens with one attached hydrogen (secondary N) is 1. The number of hydrogen-bond donors (Lipinski definition) is 2. The fraction of sp³-hybridized carbons (Fsp3) is 0.429. The van der Waals surface area contributed by atoms with Gasteiger partial charge in [0.15, 0.2) is 10.8 Å². The predicted octanol–water partition coefficient (Wildman–Crippen LogP) is -1.50. The second-order valence-corrected chi connectivity index (χ2v) is 6.43. The Morgan fingerprint density at radius 3 is 2.86 bits per heavy atom. The molecule has 28 heavy (non-hydrogen) atoms. The van der Waals surface area contributed by atoms with Gasteiger partial charge in [0.05, 0.1) is 0 Å². The maximum atomic E-state index is 12.4. The number of ether oxygens (including phenoxy) is 1. The van der Waals surface area contributed by atoms with Gasteiger partial charge >= 0.3 is 17.8 Å². The van der Waals surface area contributed by atoms with Crippen LogP contribution in [-0.2, 0) is 38.4 Å². The lowest BCUT2D eigenvalue weighted by atomic mass is 10.2. The van der Waals surface area contributed by atoms with Crippen LogP contribution in [0.5, 0.6) is 0 Å². The molecule has 0 bridgehead atoms. The molecule has 1 unspecified atom stereocenters. The number of hydrogen-bond acceptors (Lipinski definition) is 12. The first-order valence-corrected chi connectivity index (χ1v) is 8.78. The Morgan fingerprint density at radius 2 is 2.25 bits per heavy atom. The van der Waals surface area contributed by atoms with Crippen LogP contribution in [0.3, 0.4) is 0 Å². The SMILES string of the molecule is CON=C(C(=O)N[C@H]1CON(OC(=O)C2CCC(=O)O2)C1=O)c1csc(N)n1. The highest BCUT2D eigenvalue weighted by atomic mass is 32.1. The van der Waals surface area contributed by atoms with Crippen molar-refractivity contribution in [3.05, 3.63) is 11.1 Å². The number of nitrogen functional groups attached to an aromatic ring is 1. The third-order valence-electron chi connectivity index (χ3n) is 3.62. The Labute approximate surface area is 161 Å². The minimum atomic E-state index is -1.15. The van der Waals surface area contributed by atoms with Crippen molar-refractivity contribution >= 4 is 45.9 Å². The number of amides is 2. The van der Waals surface area contributed by atoms with Crippen LogP contribution in [0.4, 0.5) is 5.13 Å². The molecule has 2 saturated heterocycles. The van der Waals surface area contributed by atoms with Crippen molar-refractivity contribution in [3.63, 3.8) is 0 Å². The van der Waals surface area contributed by atoms with E-state index in [9.17, 15) is 19.2 Å². The highest BCUT2D eigenvalue weighted by Crippen LogP contribution is 2.18. The summed E-state index contributed by atoms with van der Waals surface area (Å²) in [5.41, 5.74) is 5.51. The highest BCUT2D eigenvalue weighted by Gasteiger charge is 2.41. The van der Waals surface area contributed by atoms with E-state index >= 15 is 0 Å². The molecule has 14 heteroatoms.